The summed E-state index contributed by atoms with van der Waals surface area (Å²) in [5.41, 5.74) is 0.997. The first kappa shape index (κ1) is 20.3. The number of aromatic hydroxyl groups is 1. The van der Waals surface area contributed by atoms with Crippen LogP contribution in [0.25, 0.3) is 22.3 Å². The van der Waals surface area contributed by atoms with Gasteiger partial charge in [0.2, 0.25) is 5.75 Å². The van der Waals surface area contributed by atoms with E-state index in [1.807, 2.05) is 0 Å². The molecular weight excluding hydrogens is 374 g/mol. The van der Waals surface area contributed by atoms with Crippen LogP contribution in [0.15, 0.2) is 34.7 Å². The second kappa shape index (κ2) is 8.09. The van der Waals surface area contributed by atoms with Crippen molar-refractivity contribution in [2.24, 2.45) is 0 Å². The van der Waals surface area contributed by atoms with Crippen molar-refractivity contribution in [2.75, 3.05) is 28.4 Å². The Morgan fingerprint density at radius 2 is 1.52 bits per heavy atom. The van der Waals surface area contributed by atoms with Gasteiger partial charge in [0, 0.05) is 17.7 Å². The van der Waals surface area contributed by atoms with Gasteiger partial charge in [-0.2, -0.15) is 0 Å². The summed E-state index contributed by atoms with van der Waals surface area (Å²) in [6, 6.07) is 8.50. The molecule has 8 heteroatoms. The molecule has 0 aliphatic rings. The van der Waals surface area contributed by atoms with Crippen molar-refractivity contribution in [1.82, 2.24) is 0 Å². The van der Waals surface area contributed by atoms with E-state index in [1.165, 1.54) is 14.2 Å². The van der Waals surface area contributed by atoms with E-state index in [-0.39, 0.29) is 29.3 Å². The van der Waals surface area contributed by atoms with Crippen LogP contribution in [0.5, 0.6) is 28.7 Å². The zero-order valence-electron chi connectivity index (χ0n) is 15.3. The number of nitrogens with two attached hydrogens (primary N) is 1. The topological polar surface area (TPSA) is 95.9 Å². The van der Waals surface area contributed by atoms with Gasteiger partial charge >= 0.3 is 0 Å². The predicted octanol–water partition coefficient (Wildman–Crippen LogP) is -1.50. The van der Waals surface area contributed by atoms with E-state index >= 15 is 0 Å². The number of methoxy groups -OCH3 is 4. The normalized spacial score (nSPS) is 10.2. The van der Waals surface area contributed by atoms with Crippen LogP contribution in [-0.4, -0.2) is 33.5 Å². The first-order chi connectivity index (χ1) is 12.5. The molecule has 3 rings (SSSR count). The van der Waals surface area contributed by atoms with Crippen LogP contribution < -0.4 is 42.1 Å². The van der Waals surface area contributed by atoms with E-state index in [0.29, 0.717) is 39.5 Å². The number of ether oxygens (including phenoxy) is 4. The molecule has 3 N–H and O–H groups in total. The Hall–Kier alpha value is -3.06. The highest BCUT2D eigenvalue weighted by atomic mass is 35.5. The number of halogens is 1. The Morgan fingerprint density at radius 1 is 0.852 bits per heavy atom. The Kier molecular flexibility index (Phi) is 6.07. The average Bonchev–Trinajstić information content (AvgIpc) is 2.68. The standard InChI is InChI=1S/C19H19NO6.ClH/c1-22-11-8-14(25-4)16-15(9-11)26-19(18(21)17(16)20)10-5-6-12(23-2)13(7-10)24-3;/h5-9,20-21H,1-4H3;1H. The molecule has 0 bridgehead atoms. The quantitative estimate of drug-likeness (QED) is 0.548. The molecule has 1 aromatic heterocycles. The first-order valence-electron chi connectivity index (χ1n) is 7.76. The van der Waals surface area contributed by atoms with E-state index < -0.39 is 0 Å². The summed E-state index contributed by atoms with van der Waals surface area (Å²) in [5.74, 6) is 2.06. The van der Waals surface area contributed by atoms with Gasteiger partial charge in [-0.15, -0.1) is 0 Å². The van der Waals surface area contributed by atoms with E-state index in [0.717, 1.165) is 0 Å². The van der Waals surface area contributed by atoms with Crippen molar-refractivity contribution < 1.29 is 46.3 Å². The molecular formula is C19H20ClNO6. The zero-order chi connectivity index (χ0) is 18.8. The third-order valence-electron chi connectivity index (χ3n) is 4.09. The summed E-state index contributed by atoms with van der Waals surface area (Å²) < 4.78 is 27.1. The van der Waals surface area contributed by atoms with Crippen LogP contribution in [0.2, 0.25) is 0 Å². The van der Waals surface area contributed by atoms with Gasteiger partial charge in [-0.25, -0.2) is 0 Å². The summed E-state index contributed by atoms with van der Waals surface area (Å²) in [4.78, 5) is 0. The maximum atomic E-state index is 10.6. The summed E-state index contributed by atoms with van der Waals surface area (Å²) in [7, 11) is 6.13. The van der Waals surface area contributed by atoms with Gasteiger partial charge in [0.15, 0.2) is 17.3 Å². The molecule has 0 spiro atoms. The molecule has 0 saturated carbocycles. The molecule has 3 aromatic rings. The molecule has 1 heterocycles. The summed E-state index contributed by atoms with van der Waals surface area (Å²) in [6.45, 7) is 0. The van der Waals surface area contributed by atoms with E-state index in [1.54, 1.807) is 44.6 Å². The lowest BCUT2D eigenvalue weighted by Gasteiger charge is -2.12. The SMILES string of the molecule is COc1cc(OC)c2c(=[NH2+])c(O)c(-c3ccc(OC)c(OC)c3)oc2c1.[Cl-]. The molecule has 0 atom stereocenters. The number of hydrogen-bond acceptors (Lipinski definition) is 6. The molecule has 0 amide bonds. The van der Waals surface area contributed by atoms with Gasteiger partial charge in [0.1, 0.15) is 22.5 Å². The third-order valence-corrected chi connectivity index (χ3v) is 4.09. The van der Waals surface area contributed by atoms with Crippen molar-refractivity contribution in [3.63, 3.8) is 0 Å². The predicted molar refractivity (Wildman–Crippen MR) is 94.6 cm³/mol. The second-order valence-electron chi connectivity index (χ2n) is 5.47. The summed E-state index contributed by atoms with van der Waals surface area (Å²) in [5, 5.41) is 17.4. The lowest BCUT2D eigenvalue weighted by molar-refractivity contribution is -0.172. The minimum atomic E-state index is -0.187. The molecule has 0 aliphatic carbocycles. The summed E-state index contributed by atoms with van der Waals surface area (Å²) >= 11 is 0. The van der Waals surface area contributed by atoms with Gasteiger partial charge in [0.05, 0.1) is 28.4 Å². The molecule has 7 nitrogen and oxygen atoms in total. The fourth-order valence-electron chi connectivity index (χ4n) is 2.76. The average molecular weight is 394 g/mol. The van der Waals surface area contributed by atoms with Crippen LogP contribution in [0.1, 0.15) is 0 Å². The van der Waals surface area contributed by atoms with Crippen LogP contribution in [-0.2, 0) is 0 Å². The monoisotopic (exact) mass is 393 g/mol. The van der Waals surface area contributed by atoms with Crippen molar-refractivity contribution in [3.8, 4) is 40.1 Å². The molecule has 0 fully saturated rings. The molecule has 144 valence electrons. The minimum Gasteiger partial charge on any atom is -1.00 e. The van der Waals surface area contributed by atoms with Crippen LogP contribution in [0, 0.1) is 0 Å². The highest BCUT2D eigenvalue weighted by molar-refractivity contribution is 5.88. The number of rotatable bonds is 5. The van der Waals surface area contributed by atoms with Gasteiger partial charge in [-0.1, -0.05) is 0 Å². The van der Waals surface area contributed by atoms with Crippen molar-refractivity contribution in [1.29, 1.82) is 0 Å². The lowest BCUT2D eigenvalue weighted by Crippen LogP contribution is -3.00. The van der Waals surface area contributed by atoms with Crippen LogP contribution in [0.4, 0.5) is 0 Å². The van der Waals surface area contributed by atoms with Gasteiger partial charge in [0.25, 0.3) is 5.36 Å². The van der Waals surface area contributed by atoms with E-state index in [2.05, 4.69) is 0 Å². The minimum absolute atomic E-state index is 0. The number of fused-ring (bicyclic) bond motifs is 1. The van der Waals surface area contributed by atoms with Crippen molar-refractivity contribution in [3.05, 3.63) is 35.7 Å². The number of hydrogen-bond donors (Lipinski definition) is 2. The molecule has 0 unspecified atom stereocenters. The highest BCUT2D eigenvalue weighted by Crippen LogP contribution is 2.38. The molecule has 2 aromatic carbocycles. The smallest absolute Gasteiger partial charge is 0.257 e. The fraction of sp³-hybridized carbons (Fsp3) is 0.211. The largest absolute Gasteiger partial charge is 1.00 e. The third kappa shape index (κ3) is 3.46. The zero-order valence-corrected chi connectivity index (χ0v) is 16.1. The van der Waals surface area contributed by atoms with Crippen LogP contribution >= 0.6 is 0 Å². The lowest BCUT2D eigenvalue weighted by atomic mass is 10.1. The maximum Gasteiger partial charge on any atom is 0.257 e. The molecule has 0 aliphatic heterocycles. The Labute approximate surface area is 162 Å². The fourth-order valence-corrected chi connectivity index (χ4v) is 2.76. The summed E-state index contributed by atoms with van der Waals surface area (Å²) in [6.07, 6.45) is 0. The Morgan fingerprint density at radius 3 is 2.11 bits per heavy atom. The molecule has 0 saturated heterocycles. The van der Waals surface area contributed by atoms with Crippen molar-refractivity contribution in [2.45, 2.75) is 0 Å². The van der Waals surface area contributed by atoms with E-state index in [4.69, 9.17) is 28.8 Å². The molecule has 27 heavy (non-hydrogen) atoms. The van der Waals surface area contributed by atoms with E-state index in [9.17, 15) is 5.11 Å². The first-order valence-corrected chi connectivity index (χ1v) is 7.76. The molecule has 0 radical (unpaired) electrons. The Balaban J connectivity index is 0.00000261. The maximum absolute atomic E-state index is 10.6. The van der Waals surface area contributed by atoms with Gasteiger partial charge < -0.3 is 40.9 Å². The van der Waals surface area contributed by atoms with Gasteiger partial charge in [-0.3, -0.25) is 5.41 Å². The highest BCUT2D eigenvalue weighted by Gasteiger charge is 2.21. The second-order valence-corrected chi connectivity index (χ2v) is 5.47. The van der Waals surface area contributed by atoms with Gasteiger partial charge in [-0.05, 0) is 18.2 Å². The Bertz CT molecular complexity index is 1030. The van der Waals surface area contributed by atoms with Crippen molar-refractivity contribution >= 4 is 11.0 Å². The number of benzene rings is 2. The van der Waals surface area contributed by atoms with Crippen LogP contribution in [0.3, 0.4) is 0 Å².